The van der Waals surface area contributed by atoms with Gasteiger partial charge in [-0.1, -0.05) is 26.7 Å². The lowest BCUT2D eigenvalue weighted by Gasteiger charge is -1.95. The van der Waals surface area contributed by atoms with Gasteiger partial charge in [-0.2, -0.15) is 13.2 Å². The second kappa shape index (κ2) is 6.00. The monoisotopic (exact) mass is 171 g/mol. The molecule has 0 radical (unpaired) electrons. The van der Waals surface area contributed by atoms with Gasteiger partial charge in [0, 0.05) is 0 Å². The number of rotatable bonds is 1. The Morgan fingerprint density at radius 1 is 1.27 bits per heavy atom. The minimum absolute atomic E-state index is 1.32. The van der Waals surface area contributed by atoms with Crippen molar-refractivity contribution in [2.24, 2.45) is 5.73 Å². The number of alkyl halides is 3. The number of primary amides is 1. The third kappa shape index (κ3) is 12.5. The van der Waals surface area contributed by atoms with Gasteiger partial charge in [0.1, 0.15) is 0 Å². The molecule has 0 aromatic carbocycles. The molecule has 0 aromatic rings. The molecule has 2 N–H and O–H groups in total. The van der Waals surface area contributed by atoms with Gasteiger partial charge in [0.25, 0.3) is 0 Å². The standard InChI is InChI=1S/C4H10.C2H2F3NO/c1-3-4-2;3-2(4,5)1(6)7/h3-4H2,1-2H3;(H2,6,7). The quantitative estimate of drug-likeness (QED) is 0.642. The van der Waals surface area contributed by atoms with Crippen molar-refractivity contribution in [3.63, 3.8) is 0 Å². The van der Waals surface area contributed by atoms with Gasteiger partial charge in [-0.25, -0.2) is 0 Å². The number of carbonyl (C=O) groups excluding carboxylic acids is 1. The van der Waals surface area contributed by atoms with Crippen LogP contribution < -0.4 is 5.73 Å². The van der Waals surface area contributed by atoms with Gasteiger partial charge in [0.2, 0.25) is 0 Å². The van der Waals surface area contributed by atoms with Crippen molar-refractivity contribution in [1.82, 2.24) is 0 Å². The topological polar surface area (TPSA) is 43.1 Å². The fourth-order valence-corrected chi connectivity index (χ4v) is 0. The van der Waals surface area contributed by atoms with Gasteiger partial charge in [-0.05, 0) is 0 Å². The van der Waals surface area contributed by atoms with Crippen LogP contribution in [0.1, 0.15) is 26.7 Å². The van der Waals surface area contributed by atoms with E-state index in [4.69, 9.17) is 4.79 Å². The molecule has 0 aromatic heterocycles. The van der Waals surface area contributed by atoms with E-state index in [0.717, 1.165) is 0 Å². The molecule has 68 valence electrons. The van der Waals surface area contributed by atoms with E-state index in [9.17, 15) is 13.2 Å². The molecular formula is C6H12F3NO. The van der Waals surface area contributed by atoms with E-state index in [1.54, 1.807) is 0 Å². The van der Waals surface area contributed by atoms with Gasteiger partial charge in [0.15, 0.2) is 0 Å². The molecule has 2 nitrogen and oxygen atoms in total. The van der Waals surface area contributed by atoms with Crippen molar-refractivity contribution in [3.8, 4) is 0 Å². The van der Waals surface area contributed by atoms with Gasteiger partial charge >= 0.3 is 12.1 Å². The molecule has 0 bridgehead atoms. The molecule has 0 atom stereocenters. The van der Waals surface area contributed by atoms with E-state index in [2.05, 4.69) is 19.6 Å². The smallest absolute Gasteiger partial charge is 0.362 e. The van der Waals surface area contributed by atoms with Crippen LogP contribution in [0.25, 0.3) is 0 Å². The Labute approximate surface area is 63.6 Å². The first-order chi connectivity index (χ1) is 4.86. The van der Waals surface area contributed by atoms with Crippen molar-refractivity contribution < 1.29 is 18.0 Å². The number of amides is 1. The molecule has 0 fully saturated rings. The van der Waals surface area contributed by atoms with Crippen LogP contribution in [-0.4, -0.2) is 12.1 Å². The third-order valence-electron chi connectivity index (χ3n) is 0.779. The summed E-state index contributed by atoms with van der Waals surface area (Å²) in [5, 5.41) is 0. The molecule has 1 amide bonds. The molecule has 0 aliphatic heterocycles. The predicted molar refractivity (Wildman–Crippen MR) is 35.8 cm³/mol. The van der Waals surface area contributed by atoms with Crippen molar-refractivity contribution in [2.45, 2.75) is 32.9 Å². The summed E-state index contributed by atoms with van der Waals surface area (Å²) in [4.78, 5) is 9.12. The predicted octanol–water partition coefficient (Wildman–Crippen LogP) is 1.84. The molecule has 0 unspecified atom stereocenters. The second-order valence-corrected chi connectivity index (χ2v) is 1.86. The van der Waals surface area contributed by atoms with Gasteiger partial charge < -0.3 is 5.73 Å². The van der Waals surface area contributed by atoms with Crippen molar-refractivity contribution in [1.29, 1.82) is 0 Å². The fourth-order valence-electron chi connectivity index (χ4n) is 0. The number of unbranched alkanes of at least 4 members (excludes halogenated alkanes) is 1. The average Bonchev–Trinajstić information content (AvgIpc) is 1.87. The summed E-state index contributed by atoms with van der Waals surface area (Å²) in [6, 6.07) is 0. The first kappa shape index (κ1) is 12.9. The van der Waals surface area contributed by atoms with E-state index >= 15 is 0 Å². The van der Waals surface area contributed by atoms with E-state index in [1.165, 1.54) is 12.8 Å². The maximum Gasteiger partial charge on any atom is 0.470 e. The third-order valence-corrected chi connectivity index (χ3v) is 0.779. The number of carbonyl (C=O) groups is 1. The van der Waals surface area contributed by atoms with Crippen LogP contribution in [-0.2, 0) is 4.79 Å². The number of halogens is 3. The molecule has 11 heavy (non-hydrogen) atoms. The molecule has 0 aliphatic carbocycles. The molecule has 5 heteroatoms. The average molecular weight is 171 g/mol. The lowest BCUT2D eigenvalue weighted by atomic mass is 10.4. The van der Waals surface area contributed by atoms with Crippen LogP contribution in [0.2, 0.25) is 0 Å². The summed E-state index contributed by atoms with van der Waals surface area (Å²) in [5.74, 6) is -2.26. The molecule has 0 rings (SSSR count). The minimum atomic E-state index is -4.86. The van der Waals surface area contributed by atoms with Crippen LogP contribution in [0.5, 0.6) is 0 Å². The summed E-state index contributed by atoms with van der Waals surface area (Å²) in [5.41, 5.74) is 3.81. The number of hydrogen-bond acceptors (Lipinski definition) is 1. The fraction of sp³-hybridized carbons (Fsp3) is 0.833. The zero-order valence-corrected chi connectivity index (χ0v) is 6.53. The second-order valence-electron chi connectivity index (χ2n) is 1.86. The Morgan fingerprint density at radius 3 is 1.45 bits per heavy atom. The zero-order valence-electron chi connectivity index (χ0n) is 6.53. The normalized spacial score (nSPS) is 9.91. The van der Waals surface area contributed by atoms with Gasteiger partial charge in [-0.15, -0.1) is 0 Å². The van der Waals surface area contributed by atoms with Crippen molar-refractivity contribution in [3.05, 3.63) is 0 Å². The highest BCUT2D eigenvalue weighted by Crippen LogP contribution is 2.11. The SMILES string of the molecule is CCCC.NC(=O)C(F)(F)F. The highest BCUT2D eigenvalue weighted by molar-refractivity contribution is 5.79. The Balaban J connectivity index is 0. The van der Waals surface area contributed by atoms with Gasteiger partial charge in [-0.3, -0.25) is 4.79 Å². The van der Waals surface area contributed by atoms with Crippen molar-refractivity contribution in [2.75, 3.05) is 0 Å². The minimum Gasteiger partial charge on any atom is -0.362 e. The van der Waals surface area contributed by atoms with Crippen LogP contribution in [0.3, 0.4) is 0 Å². The maximum absolute atomic E-state index is 10.7. The number of hydrogen-bond donors (Lipinski definition) is 1. The van der Waals surface area contributed by atoms with E-state index in [-0.39, 0.29) is 0 Å². The van der Waals surface area contributed by atoms with Crippen LogP contribution >= 0.6 is 0 Å². The summed E-state index contributed by atoms with van der Waals surface area (Å²) in [6.07, 6.45) is -2.22. The van der Waals surface area contributed by atoms with E-state index in [1.807, 2.05) is 0 Å². The van der Waals surface area contributed by atoms with Gasteiger partial charge in [0.05, 0.1) is 0 Å². The summed E-state index contributed by atoms with van der Waals surface area (Å²) in [6.45, 7) is 4.36. The summed E-state index contributed by atoms with van der Waals surface area (Å²) in [7, 11) is 0. The maximum atomic E-state index is 10.7. The molecule has 0 aliphatic rings. The Bertz CT molecular complexity index is 109. The van der Waals surface area contributed by atoms with E-state index < -0.39 is 12.1 Å². The largest absolute Gasteiger partial charge is 0.470 e. The lowest BCUT2D eigenvalue weighted by Crippen LogP contribution is -2.30. The Kier molecular flexibility index (Phi) is 7.04. The lowest BCUT2D eigenvalue weighted by molar-refractivity contribution is -0.169. The van der Waals surface area contributed by atoms with E-state index in [0.29, 0.717) is 0 Å². The van der Waals surface area contributed by atoms with Crippen molar-refractivity contribution >= 4 is 5.91 Å². The summed E-state index contributed by atoms with van der Waals surface area (Å²) >= 11 is 0. The zero-order chi connectivity index (χ0) is 9.49. The molecular weight excluding hydrogens is 159 g/mol. The Morgan fingerprint density at radius 2 is 1.45 bits per heavy atom. The van der Waals surface area contributed by atoms with Crippen LogP contribution in [0.4, 0.5) is 13.2 Å². The van der Waals surface area contributed by atoms with Crippen LogP contribution in [0.15, 0.2) is 0 Å². The molecule has 0 saturated carbocycles. The molecule has 0 saturated heterocycles. The van der Waals surface area contributed by atoms with Crippen LogP contribution in [0, 0.1) is 0 Å². The first-order valence-corrected chi connectivity index (χ1v) is 3.22. The highest BCUT2D eigenvalue weighted by atomic mass is 19.4. The molecule has 0 spiro atoms. The highest BCUT2D eigenvalue weighted by Gasteiger charge is 2.35. The Hall–Kier alpha value is -0.740. The first-order valence-electron chi connectivity index (χ1n) is 3.22. The summed E-state index contributed by atoms with van der Waals surface area (Å²) < 4.78 is 32.1. The molecule has 0 heterocycles. The number of nitrogens with two attached hydrogens (primary N) is 1.